The molecule has 0 unspecified atom stereocenters. The van der Waals surface area contributed by atoms with Crippen LogP contribution in [0.3, 0.4) is 0 Å². The minimum atomic E-state index is -0.198. The van der Waals surface area contributed by atoms with Crippen LogP contribution in [0.4, 0.5) is 10.5 Å². The Morgan fingerprint density at radius 1 is 1.00 bits per heavy atom. The van der Waals surface area contributed by atoms with Crippen molar-refractivity contribution in [3.8, 4) is 0 Å². The predicted molar refractivity (Wildman–Crippen MR) is 85.6 cm³/mol. The maximum Gasteiger partial charge on any atom is 0.291 e. The first kappa shape index (κ1) is 13.6. The Morgan fingerprint density at radius 2 is 1.71 bits per heavy atom. The Kier molecular flexibility index (Phi) is 3.83. The molecule has 21 heavy (non-hydrogen) atoms. The number of nitrogens with one attached hydrogen (secondary N) is 1. The van der Waals surface area contributed by atoms with Crippen molar-refractivity contribution < 1.29 is 4.79 Å². The van der Waals surface area contributed by atoms with Gasteiger partial charge in [-0.25, -0.2) is 9.97 Å². The average molecular weight is 295 g/mol. The van der Waals surface area contributed by atoms with Gasteiger partial charge in [-0.05, 0) is 25.1 Å². The van der Waals surface area contributed by atoms with Gasteiger partial charge in [-0.2, -0.15) is 0 Å². The van der Waals surface area contributed by atoms with Crippen molar-refractivity contribution in [1.82, 2.24) is 9.97 Å². The molecule has 3 aromatic rings. The lowest BCUT2D eigenvalue weighted by atomic mass is 10.2. The zero-order chi connectivity index (χ0) is 14.7. The molecule has 2 aromatic carbocycles. The van der Waals surface area contributed by atoms with E-state index in [1.54, 1.807) is 0 Å². The van der Waals surface area contributed by atoms with Gasteiger partial charge in [0.2, 0.25) is 0 Å². The van der Waals surface area contributed by atoms with Gasteiger partial charge in [-0.1, -0.05) is 36.4 Å². The van der Waals surface area contributed by atoms with Crippen LogP contribution in [0.15, 0.2) is 59.8 Å². The van der Waals surface area contributed by atoms with Gasteiger partial charge in [-0.3, -0.25) is 4.79 Å². The molecule has 0 radical (unpaired) electrons. The number of carbonyl (C=O) groups is 1. The number of anilines is 1. The summed E-state index contributed by atoms with van der Waals surface area (Å²) in [4.78, 5) is 20.8. The summed E-state index contributed by atoms with van der Waals surface area (Å²) in [6, 6.07) is 17.1. The van der Waals surface area contributed by atoms with E-state index in [2.05, 4.69) is 15.3 Å². The van der Waals surface area contributed by atoms with Crippen molar-refractivity contribution in [2.75, 3.05) is 5.32 Å². The molecular formula is C16H13N3OS. The van der Waals surface area contributed by atoms with E-state index in [1.807, 2.05) is 61.5 Å². The fraction of sp³-hybridized carbons (Fsp3) is 0.0625. The number of benzene rings is 2. The van der Waals surface area contributed by atoms with Crippen LogP contribution in [0.2, 0.25) is 0 Å². The quantitative estimate of drug-likeness (QED) is 0.567. The summed E-state index contributed by atoms with van der Waals surface area (Å²) in [6.07, 6.45) is 0. The Balaban J connectivity index is 1.80. The number of carbonyl (C=O) groups excluding carboxylic acids is 1. The number of hydrogen-bond acceptors (Lipinski definition) is 4. The van der Waals surface area contributed by atoms with Gasteiger partial charge in [-0.15, -0.1) is 0 Å². The summed E-state index contributed by atoms with van der Waals surface area (Å²) in [6.45, 7) is 1.92. The van der Waals surface area contributed by atoms with Crippen molar-refractivity contribution >= 4 is 33.6 Å². The summed E-state index contributed by atoms with van der Waals surface area (Å²) >= 11 is 0.995. The van der Waals surface area contributed by atoms with Crippen molar-refractivity contribution in [3.63, 3.8) is 0 Å². The molecule has 0 aliphatic heterocycles. The largest absolute Gasteiger partial charge is 0.316 e. The van der Waals surface area contributed by atoms with E-state index in [0.717, 1.165) is 34.0 Å². The monoisotopic (exact) mass is 295 g/mol. The van der Waals surface area contributed by atoms with E-state index in [4.69, 9.17) is 0 Å². The number of aryl methyl sites for hydroxylation is 1. The summed E-state index contributed by atoms with van der Waals surface area (Å²) in [5.41, 5.74) is 2.48. The Bertz CT molecular complexity index is 790. The van der Waals surface area contributed by atoms with Crippen molar-refractivity contribution in [2.45, 2.75) is 12.1 Å². The normalized spacial score (nSPS) is 10.5. The van der Waals surface area contributed by atoms with Crippen LogP contribution in [-0.4, -0.2) is 15.2 Å². The highest BCUT2D eigenvalue weighted by molar-refractivity contribution is 8.13. The molecule has 0 spiro atoms. The molecule has 0 aliphatic rings. The summed E-state index contributed by atoms with van der Waals surface area (Å²) in [7, 11) is 0. The number of amides is 1. The number of hydrogen-bond donors (Lipinski definition) is 1. The molecule has 1 heterocycles. The third-order valence-corrected chi connectivity index (χ3v) is 3.63. The van der Waals surface area contributed by atoms with Crippen LogP contribution >= 0.6 is 11.8 Å². The molecule has 104 valence electrons. The molecule has 0 saturated carbocycles. The van der Waals surface area contributed by atoms with Crippen LogP contribution < -0.4 is 5.32 Å². The fourth-order valence-corrected chi connectivity index (χ4v) is 2.66. The summed E-state index contributed by atoms with van der Waals surface area (Å²) in [5.74, 6) is 0. The summed E-state index contributed by atoms with van der Waals surface area (Å²) in [5, 5.41) is 4.07. The van der Waals surface area contributed by atoms with E-state index in [9.17, 15) is 4.79 Å². The topological polar surface area (TPSA) is 54.9 Å². The van der Waals surface area contributed by atoms with Crippen molar-refractivity contribution in [1.29, 1.82) is 0 Å². The molecule has 0 aliphatic carbocycles. The lowest BCUT2D eigenvalue weighted by Gasteiger charge is -2.06. The maximum absolute atomic E-state index is 12.0. The van der Waals surface area contributed by atoms with E-state index < -0.39 is 0 Å². The van der Waals surface area contributed by atoms with Gasteiger partial charge >= 0.3 is 0 Å². The number of nitrogens with zero attached hydrogens (tertiary/aromatic N) is 2. The fourth-order valence-electron chi connectivity index (χ4n) is 2.00. The van der Waals surface area contributed by atoms with Gasteiger partial charge in [0, 0.05) is 28.5 Å². The molecule has 5 heteroatoms. The van der Waals surface area contributed by atoms with Crippen LogP contribution in [0.25, 0.3) is 10.9 Å². The molecule has 0 atom stereocenters. The Hall–Kier alpha value is -2.40. The summed E-state index contributed by atoms with van der Waals surface area (Å²) < 4.78 is 0. The second kappa shape index (κ2) is 5.93. The molecule has 0 fully saturated rings. The number of fused-ring (bicyclic) bond motifs is 1. The predicted octanol–water partition coefficient (Wildman–Crippen LogP) is 4.26. The molecule has 0 bridgehead atoms. The number of aromatic nitrogens is 2. The highest BCUT2D eigenvalue weighted by Gasteiger charge is 2.10. The lowest BCUT2D eigenvalue weighted by molar-refractivity contribution is 0.269. The van der Waals surface area contributed by atoms with Gasteiger partial charge < -0.3 is 5.32 Å². The first-order valence-electron chi connectivity index (χ1n) is 6.49. The van der Waals surface area contributed by atoms with Crippen LogP contribution in [0, 0.1) is 6.92 Å². The highest BCUT2D eigenvalue weighted by Crippen LogP contribution is 2.22. The van der Waals surface area contributed by atoms with Gasteiger partial charge in [0.25, 0.3) is 5.24 Å². The molecule has 1 amide bonds. The van der Waals surface area contributed by atoms with Crippen LogP contribution in [-0.2, 0) is 0 Å². The standard InChI is InChI=1S/C16H13N3OS/c1-11-13-9-5-6-10-14(13)19-15(17-11)21-16(20)18-12-7-3-2-4-8-12/h2-10H,1H3,(H,18,20). The Morgan fingerprint density at radius 3 is 2.52 bits per heavy atom. The minimum absolute atomic E-state index is 0.198. The molecule has 3 rings (SSSR count). The molecule has 4 nitrogen and oxygen atoms in total. The second-order valence-electron chi connectivity index (χ2n) is 4.49. The molecule has 0 saturated heterocycles. The first-order chi connectivity index (χ1) is 10.2. The zero-order valence-corrected chi connectivity index (χ0v) is 12.2. The number of rotatable bonds is 2. The average Bonchev–Trinajstić information content (AvgIpc) is 2.48. The molecule has 1 N–H and O–H groups in total. The van der Waals surface area contributed by atoms with E-state index in [-0.39, 0.29) is 5.24 Å². The zero-order valence-electron chi connectivity index (χ0n) is 11.4. The van der Waals surface area contributed by atoms with Gasteiger partial charge in [0.15, 0.2) is 5.16 Å². The number of thioether (sulfide) groups is 1. The third kappa shape index (κ3) is 3.20. The van der Waals surface area contributed by atoms with E-state index in [1.165, 1.54) is 0 Å². The van der Waals surface area contributed by atoms with Crippen molar-refractivity contribution in [3.05, 3.63) is 60.3 Å². The van der Waals surface area contributed by atoms with E-state index >= 15 is 0 Å². The van der Waals surface area contributed by atoms with Gasteiger partial charge in [0.1, 0.15) is 0 Å². The second-order valence-corrected chi connectivity index (χ2v) is 5.43. The van der Waals surface area contributed by atoms with Crippen LogP contribution in [0.1, 0.15) is 5.69 Å². The number of para-hydroxylation sites is 2. The van der Waals surface area contributed by atoms with E-state index in [0.29, 0.717) is 5.16 Å². The Labute approximate surface area is 126 Å². The minimum Gasteiger partial charge on any atom is -0.316 e. The third-order valence-electron chi connectivity index (χ3n) is 2.98. The lowest BCUT2D eigenvalue weighted by Crippen LogP contribution is -2.06. The van der Waals surface area contributed by atoms with Gasteiger partial charge in [0.05, 0.1) is 5.52 Å². The molecular weight excluding hydrogens is 282 g/mol. The SMILES string of the molecule is Cc1nc(SC(=O)Nc2ccccc2)nc2ccccc12. The maximum atomic E-state index is 12.0. The van der Waals surface area contributed by atoms with Crippen molar-refractivity contribution in [2.24, 2.45) is 0 Å². The van der Waals surface area contributed by atoms with Crippen LogP contribution in [0.5, 0.6) is 0 Å². The highest BCUT2D eigenvalue weighted by atomic mass is 32.2. The first-order valence-corrected chi connectivity index (χ1v) is 7.31. The smallest absolute Gasteiger partial charge is 0.291 e. The molecule has 1 aromatic heterocycles.